The van der Waals surface area contributed by atoms with Gasteiger partial charge in [-0.05, 0) is 18.6 Å². The lowest BCUT2D eigenvalue weighted by Crippen LogP contribution is -1.95. The molecule has 0 aliphatic carbocycles. The molecule has 0 aliphatic heterocycles. The smallest absolute Gasteiger partial charge is 0.400 e. The van der Waals surface area contributed by atoms with Gasteiger partial charge in [0.05, 0.1) is 7.11 Å². The van der Waals surface area contributed by atoms with E-state index in [0.29, 0.717) is 5.75 Å². The number of hydrogen-bond acceptors (Lipinski definition) is 4. The molecule has 1 aromatic carbocycles. The molecule has 1 atom stereocenters. The van der Waals surface area contributed by atoms with Gasteiger partial charge in [0.2, 0.25) is 0 Å². The number of benzene rings is 1. The molecule has 0 aliphatic rings. The van der Waals surface area contributed by atoms with E-state index in [4.69, 9.17) is 4.52 Å². The summed E-state index contributed by atoms with van der Waals surface area (Å²) < 4.78 is 20.4. The summed E-state index contributed by atoms with van der Waals surface area (Å²) in [4.78, 5) is 10.8. The van der Waals surface area contributed by atoms with Crippen LogP contribution in [0.3, 0.4) is 0 Å². The van der Waals surface area contributed by atoms with Crippen LogP contribution in [0.15, 0.2) is 24.3 Å². The Balaban J connectivity index is 2.75. The normalized spacial score (nSPS) is 11.9. The van der Waals surface area contributed by atoms with Crippen LogP contribution in [0.4, 0.5) is 4.79 Å². The summed E-state index contributed by atoms with van der Waals surface area (Å²) in [6.45, 7) is 1.81. The van der Waals surface area contributed by atoms with E-state index in [1.165, 1.54) is 7.11 Å². The minimum Gasteiger partial charge on any atom is -0.461 e. The third-order valence-electron chi connectivity index (χ3n) is 1.65. The first-order chi connectivity index (χ1) is 6.65. The number of methoxy groups -OCH3 is 1. The second-order valence-electron chi connectivity index (χ2n) is 2.65. The summed E-state index contributed by atoms with van der Waals surface area (Å²) >= 11 is 0. The topological polar surface area (TPSA) is 52.6 Å². The van der Waals surface area contributed by atoms with Crippen molar-refractivity contribution in [1.82, 2.24) is 0 Å². The highest BCUT2D eigenvalue weighted by molar-refractivity contribution is 7.58. The van der Waals surface area contributed by atoms with E-state index in [1.54, 1.807) is 12.1 Å². The van der Waals surface area contributed by atoms with Crippen LogP contribution < -0.4 is 4.52 Å². The van der Waals surface area contributed by atoms with E-state index in [1.807, 2.05) is 19.1 Å². The van der Waals surface area contributed by atoms with Crippen molar-refractivity contribution in [2.75, 3.05) is 7.11 Å². The number of ether oxygens (including phenoxy) is 1. The Hall–Kier alpha value is -1.28. The zero-order valence-electron chi connectivity index (χ0n) is 7.94. The minimum absolute atomic E-state index is 0.446. The Morgan fingerprint density at radius 1 is 1.36 bits per heavy atom. The highest BCUT2D eigenvalue weighted by Crippen LogP contribution is 2.30. The zero-order valence-corrected chi connectivity index (χ0v) is 8.94. The van der Waals surface area contributed by atoms with E-state index in [0.717, 1.165) is 5.56 Å². The largest absolute Gasteiger partial charge is 0.461 e. The molecule has 0 fully saturated rings. The molecule has 14 heavy (non-hydrogen) atoms. The van der Waals surface area contributed by atoms with Crippen LogP contribution in [-0.2, 0) is 9.30 Å². The lowest BCUT2D eigenvalue weighted by atomic mass is 10.2. The van der Waals surface area contributed by atoms with E-state index in [9.17, 15) is 9.36 Å². The van der Waals surface area contributed by atoms with Crippen molar-refractivity contribution in [3.8, 4) is 5.75 Å². The molecule has 0 heterocycles. The fraction of sp³-hybridized carbons (Fsp3) is 0.222. The van der Waals surface area contributed by atoms with E-state index >= 15 is 0 Å². The van der Waals surface area contributed by atoms with Gasteiger partial charge in [-0.1, -0.05) is 18.2 Å². The SMILES string of the molecule is COC(=O)[PH](=O)Oc1ccccc1C. The molecule has 5 heteroatoms. The fourth-order valence-electron chi connectivity index (χ4n) is 0.896. The standard InChI is InChI=1S/C9H11O4P/c1-7-5-3-4-6-8(7)13-14(11)9(10)12-2/h3-6,14H,1-2H3. The quantitative estimate of drug-likeness (QED) is 0.725. The van der Waals surface area contributed by atoms with E-state index in [2.05, 4.69) is 4.74 Å². The van der Waals surface area contributed by atoms with Crippen molar-refractivity contribution in [1.29, 1.82) is 0 Å². The first kappa shape index (κ1) is 10.8. The number of hydrogen-bond donors (Lipinski definition) is 0. The van der Waals surface area contributed by atoms with Crippen molar-refractivity contribution in [2.24, 2.45) is 0 Å². The molecule has 0 amide bonds. The van der Waals surface area contributed by atoms with Gasteiger partial charge in [-0.25, -0.2) is 4.79 Å². The summed E-state index contributed by atoms with van der Waals surface area (Å²) in [7, 11) is -1.63. The third-order valence-corrected chi connectivity index (χ3v) is 2.59. The summed E-state index contributed by atoms with van der Waals surface area (Å²) in [5.74, 6) is 0.446. The molecule has 0 saturated heterocycles. The number of rotatable bonds is 3. The minimum atomic E-state index is -2.80. The van der Waals surface area contributed by atoms with Crippen LogP contribution in [0.2, 0.25) is 0 Å². The molecule has 1 aromatic rings. The van der Waals surface area contributed by atoms with Gasteiger partial charge in [-0.3, -0.25) is 4.57 Å². The molecule has 76 valence electrons. The third kappa shape index (κ3) is 2.60. The number of para-hydroxylation sites is 1. The molecule has 1 unspecified atom stereocenters. The van der Waals surface area contributed by atoms with E-state index in [-0.39, 0.29) is 0 Å². The predicted molar refractivity (Wildman–Crippen MR) is 53.2 cm³/mol. The van der Waals surface area contributed by atoms with Gasteiger partial charge in [0.15, 0.2) is 0 Å². The molecule has 0 aromatic heterocycles. The maximum atomic E-state index is 11.2. The van der Waals surface area contributed by atoms with Crippen molar-refractivity contribution in [2.45, 2.75) is 6.92 Å². The van der Waals surface area contributed by atoms with Gasteiger partial charge >= 0.3 is 13.7 Å². The Kier molecular flexibility index (Phi) is 3.72. The van der Waals surface area contributed by atoms with Gasteiger partial charge in [0.25, 0.3) is 0 Å². The number of carbonyl (C=O) groups is 1. The molecule has 0 radical (unpaired) electrons. The maximum Gasteiger partial charge on any atom is 0.400 e. The van der Waals surface area contributed by atoms with Crippen LogP contribution in [-0.4, -0.2) is 12.8 Å². The lowest BCUT2D eigenvalue weighted by Gasteiger charge is -2.06. The van der Waals surface area contributed by atoms with Crippen LogP contribution >= 0.6 is 8.03 Å². The number of aryl methyl sites for hydroxylation is 1. The highest BCUT2D eigenvalue weighted by atomic mass is 31.1. The number of carbonyl (C=O) groups excluding carboxylic acids is 1. The maximum absolute atomic E-state index is 11.2. The van der Waals surface area contributed by atoms with E-state index < -0.39 is 13.7 Å². The van der Waals surface area contributed by atoms with Crippen molar-refractivity contribution < 1.29 is 18.6 Å². The molecule has 0 spiro atoms. The molecular weight excluding hydrogens is 203 g/mol. The van der Waals surface area contributed by atoms with Crippen molar-refractivity contribution >= 4 is 13.7 Å². The summed E-state index contributed by atoms with van der Waals surface area (Å²) in [5.41, 5.74) is 0.00741. The Morgan fingerprint density at radius 3 is 2.57 bits per heavy atom. The summed E-state index contributed by atoms with van der Waals surface area (Å²) in [5, 5.41) is 0. The average Bonchev–Trinajstić information content (AvgIpc) is 2.20. The average molecular weight is 214 g/mol. The van der Waals surface area contributed by atoms with Crippen LogP contribution in [0.25, 0.3) is 0 Å². The van der Waals surface area contributed by atoms with Crippen molar-refractivity contribution in [3.05, 3.63) is 29.8 Å². The van der Waals surface area contributed by atoms with Crippen LogP contribution in [0.1, 0.15) is 5.56 Å². The Labute approximate surface area is 82.7 Å². The molecule has 1 rings (SSSR count). The van der Waals surface area contributed by atoms with Crippen LogP contribution in [0.5, 0.6) is 5.75 Å². The molecule has 0 N–H and O–H groups in total. The van der Waals surface area contributed by atoms with Gasteiger partial charge in [-0.15, -0.1) is 0 Å². The molecular formula is C9H11O4P. The highest BCUT2D eigenvalue weighted by Gasteiger charge is 2.13. The fourth-order valence-corrected chi connectivity index (χ4v) is 1.57. The monoisotopic (exact) mass is 214 g/mol. The molecule has 4 nitrogen and oxygen atoms in total. The van der Waals surface area contributed by atoms with Gasteiger partial charge in [0, 0.05) is 0 Å². The second kappa shape index (κ2) is 4.82. The summed E-state index contributed by atoms with van der Waals surface area (Å²) in [6.07, 6.45) is 0. The molecule has 0 saturated carbocycles. The first-order valence-electron chi connectivity index (χ1n) is 4.01. The van der Waals surface area contributed by atoms with Gasteiger partial charge in [0.1, 0.15) is 5.75 Å². The lowest BCUT2D eigenvalue weighted by molar-refractivity contribution is 0.195. The van der Waals surface area contributed by atoms with Gasteiger partial charge < -0.3 is 9.26 Å². The Bertz CT molecular complexity index is 362. The zero-order chi connectivity index (χ0) is 10.6. The van der Waals surface area contributed by atoms with Gasteiger partial charge in [-0.2, -0.15) is 0 Å². The van der Waals surface area contributed by atoms with Crippen LogP contribution in [0, 0.1) is 6.92 Å². The van der Waals surface area contributed by atoms with Crippen molar-refractivity contribution in [3.63, 3.8) is 0 Å². The first-order valence-corrected chi connectivity index (χ1v) is 5.32. The molecule has 0 bridgehead atoms. The Morgan fingerprint density at radius 2 is 2.00 bits per heavy atom. The second-order valence-corrected chi connectivity index (χ2v) is 3.83. The summed E-state index contributed by atoms with van der Waals surface area (Å²) in [6, 6.07) is 7.04. The predicted octanol–water partition coefficient (Wildman–Crippen LogP) is 2.61.